The van der Waals surface area contributed by atoms with Crippen LogP contribution >= 0.6 is 0 Å². The van der Waals surface area contributed by atoms with Crippen molar-refractivity contribution in [2.75, 3.05) is 6.54 Å². The summed E-state index contributed by atoms with van der Waals surface area (Å²) >= 11 is 0. The van der Waals surface area contributed by atoms with Crippen LogP contribution in [0.1, 0.15) is 25.3 Å². The zero-order chi connectivity index (χ0) is 14.7. The van der Waals surface area contributed by atoms with Crippen LogP contribution in [0.3, 0.4) is 0 Å². The number of fused-ring (bicyclic) bond motifs is 1. The molecule has 110 valence electrons. The molecule has 0 radical (unpaired) electrons. The molecule has 0 saturated carbocycles. The lowest BCUT2D eigenvalue weighted by molar-refractivity contribution is -0.121. The Kier molecular flexibility index (Phi) is 4.20. The molecule has 3 heteroatoms. The van der Waals surface area contributed by atoms with Gasteiger partial charge in [-0.2, -0.15) is 0 Å². The normalized spacial score (nSPS) is 22.1. The largest absolute Gasteiger partial charge is 0.352 e. The first-order valence-electron chi connectivity index (χ1n) is 7.71. The van der Waals surface area contributed by atoms with E-state index < -0.39 is 0 Å². The smallest absolute Gasteiger partial charge is 0.224 e. The number of hydrogen-bond acceptors (Lipinski definition) is 2. The van der Waals surface area contributed by atoms with Crippen LogP contribution in [-0.2, 0) is 11.2 Å². The second kappa shape index (κ2) is 6.27. The van der Waals surface area contributed by atoms with Crippen LogP contribution in [0.15, 0.2) is 42.5 Å². The fourth-order valence-corrected chi connectivity index (χ4v) is 2.93. The summed E-state index contributed by atoms with van der Waals surface area (Å²) in [5, 5.41) is 8.95. The Morgan fingerprint density at radius 3 is 2.76 bits per heavy atom. The van der Waals surface area contributed by atoms with Crippen molar-refractivity contribution >= 4 is 16.7 Å². The van der Waals surface area contributed by atoms with E-state index in [2.05, 4.69) is 41.8 Å². The quantitative estimate of drug-likeness (QED) is 0.908. The van der Waals surface area contributed by atoms with Gasteiger partial charge in [0.2, 0.25) is 5.91 Å². The molecule has 3 nitrogen and oxygen atoms in total. The Balaban J connectivity index is 1.60. The molecule has 21 heavy (non-hydrogen) atoms. The SMILES string of the molecule is CC1CCC(NC(=O)Cc2ccc3ccccc3c2)CN1. The van der Waals surface area contributed by atoms with E-state index in [4.69, 9.17) is 0 Å². The summed E-state index contributed by atoms with van der Waals surface area (Å²) in [5.41, 5.74) is 1.07. The van der Waals surface area contributed by atoms with Gasteiger partial charge in [-0.15, -0.1) is 0 Å². The standard InChI is InChI=1S/C18H22N2O/c1-13-6-9-17(12-19-13)20-18(21)11-14-7-8-15-4-2-3-5-16(15)10-14/h2-5,7-8,10,13,17,19H,6,9,11-12H2,1H3,(H,20,21). The number of benzene rings is 2. The number of carbonyl (C=O) groups is 1. The summed E-state index contributed by atoms with van der Waals surface area (Å²) in [6.07, 6.45) is 2.65. The van der Waals surface area contributed by atoms with Gasteiger partial charge in [-0.25, -0.2) is 0 Å². The van der Waals surface area contributed by atoms with Crippen LogP contribution in [0.2, 0.25) is 0 Å². The number of piperidine rings is 1. The van der Waals surface area contributed by atoms with E-state index >= 15 is 0 Å². The maximum absolute atomic E-state index is 12.2. The van der Waals surface area contributed by atoms with E-state index in [1.165, 1.54) is 10.8 Å². The van der Waals surface area contributed by atoms with Crippen molar-refractivity contribution in [2.45, 2.75) is 38.3 Å². The third kappa shape index (κ3) is 3.61. The van der Waals surface area contributed by atoms with Crippen LogP contribution < -0.4 is 10.6 Å². The van der Waals surface area contributed by atoms with Gasteiger partial charge in [0, 0.05) is 18.6 Å². The second-order valence-corrected chi connectivity index (χ2v) is 6.01. The number of nitrogens with one attached hydrogen (secondary N) is 2. The number of hydrogen-bond donors (Lipinski definition) is 2. The van der Waals surface area contributed by atoms with Crippen molar-refractivity contribution in [3.8, 4) is 0 Å². The van der Waals surface area contributed by atoms with Crippen molar-refractivity contribution in [3.63, 3.8) is 0 Å². The average Bonchev–Trinajstić information content (AvgIpc) is 2.49. The Morgan fingerprint density at radius 2 is 2.00 bits per heavy atom. The summed E-state index contributed by atoms with van der Waals surface area (Å²) in [7, 11) is 0. The van der Waals surface area contributed by atoms with Crippen molar-refractivity contribution in [1.82, 2.24) is 10.6 Å². The van der Waals surface area contributed by atoms with Crippen molar-refractivity contribution in [2.24, 2.45) is 0 Å². The summed E-state index contributed by atoms with van der Waals surface area (Å²) in [6.45, 7) is 3.07. The molecule has 1 saturated heterocycles. The first-order chi connectivity index (χ1) is 10.2. The molecule has 2 atom stereocenters. The zero-order valence-corrected chi connectivity index (χ0v) is 12.4. The molecule has 3 rings (SSSR count). The highest BCUT2D eigenvalue weighted by Gasteiger charge is 2.19. The maximum Gasteiger partial charge on any atom is 0.224 e. The highest BCUT2D eigenvalue weighted by molar-refractivity contribution is 5.85. The summed E-state index contributed by atoms with van der Waals surface area (Å²) in [4.78, 5) is 12.2. The zero-order valence-electron chi connectivity index (χ0n) is 12.4. The maximum atomic E-state index is 12.2. The minimum atomic E-state index is 0.117. The number of amides is 1. The highest BCUT2D eigenvalue weighted by Crippen LogP contribution is 2.16. The first kappa shape index (κ1) is 14.1. The predicted octanol–water partition coefficient (Wildman–Crippen LogP) is 2.64. The monoisotopic (exact) mass is 282 g/mol. The number of carbonyl (C=O) groups excluding carboxylic acids is 1. The van der Waals surface area contributed by atoms with E-state index in [0.29, 0.717) is 12.5 Å². The molecule has 1 amide bonds. The Bertz CT molecular complexity index is 630. The van der Waals surface area contributed by atoms with Crippen LogP contribution in [-0.4, -0.2) is 24.5 Å². The summed E-state index contributed by atoms with van der Waals surface area (Å²) in [5.74, 6) is 0.117. The Hall–Kier alpha value is -1.87. The Labute approximate surface area is 125 Å². The average molecular weight is 282 g/mol. The van der Waals surface area contributed by atoms with Gasteiger partial charge in [0.15, 0.2) is 0 Å². The summed E-state index contributed by atoms with van der Waals surface area (Å²) < 4.78 is 0. The van der Waals surface area contributed by atoms with E-state index in [-0.39, 0.29) is 11.9 Å². The third-order valence-electron chi connectivity index (χ3n) is 4.20. The van der Waals surface area contributed by atoms with Crippen LogP contribution in [0.25, 0.3) is 10.8 Å². The molecular formula is C18H22N2O. The highest BCUT2D eigenvalue weighted by atomic mass is 16.1. The molecule has 2 unspecified atom stereocenters. The molecule has 2 aromatic rings. The van der Waals surface area contributed by atoms with E-state index in [1.807, 2.05) is 18.2 Å². The molecule has 2 aromatic carbocycles. The van der Waals surface area contributed by atoms with Gasteiger partial charge >= 0.3 is 0 Å². The third-order valence-corrected chi connectivity index (χ3v) is 4.20. The van der Waals surface area contributed by atoms with Gasteiger partial charge < -0.3 is 10.6 Å². The molecule has 0 aliphatic carbocycles. The fourth-order valence-electron chi connectivity index (χ4n) is 2.93. The van der Waals surface area contributed by atoms with Gasteiger partial charge in [0.05, 0.1) is 6.42 Å². The lowest BCUT2D eigenvalue weighted by atomic mass is 10.0. The lowest BCUT2D eigenvalue weighted by Gasteiger charge is -2.28. The van der Waals surface area contributed by atoms with Crippen molar-refractivity contribution < 1.29 is 4.79 Å². The van der Waals surface area contributed by atoms with Crippen molar-refractivity contribution in [3.05, 3.63) is 48.0 Å². The van der Waals surface area contributed by atoms with Crippen LogP contribution in [0.5, 0.6) is 0 Å². The molecule has 1 heterocycles. The molecule has 0 spiro atoms. The second-order valence-electron chi connectivity index (χ2n) is 6.01. The molecule has 1 fully saturated rings. The van der Waals surface area contributed by atoms with Gasteiger partial charge in [-0.3, -0.25) is 4.79 Å². The molecule has 0 aromatic heterocycles. The number of rotatable bonds is 3. The topological polar surface area (TPSA) is 41.1 Å². The first-order valence-corrected chi connectivity index (χ1v) is 7.71. The van der Waals surface area contributed by atoms with E-state index in [9.17, 15) is 4.79 Å². The molecule has 2 N–H and O–H groups in total. The van der Waals surface area contributed by atoms with Gasteiger partial charge in [0.25, 0.3) is 0 Å². The Morgan fingerprint density at radius 1 is 1.19 bits per heavy atom. The van der Waals surface area contributed by atoms with Crippen LogP contribution in [0, 0.1) is 0 Å². The molecule has 1 aliphatic rings. The minimum absolute atomic E-state index is 0.117. The predicted molar refractivity (Wildman–Crippen MR) is 86.3 cm³/mol. The van der Waals surface area contributed by atoms with Gasteiger partial charge in [-0.05, 0) is 36.1 Å². The molecule has 1 aliphatic heterocycles. The van der Waals surface area contributed by atoms with Crippen LogP contribution in [0.4, 0.5) is 0 Å². The summed E-state index contributed by atoms with van der Waals surface area (Å²) in [6, 6.07) is 15.3. The molecule has 0 bridgehead atoms. The minimum Gasteiger partial charge on any atom is -0.352 e. The van der Waals surface area contributed by atoms with Crippen molar-refractivity contribution in [1.29, 1.82) is 0 Å². The van der Waals surface area contributed by atoms with Gasteiger partial charge in [-0.1, -0.05) is 42.5 Å². The fraction of sp³-hybridized carbons (Fsp3) is 0.389. The lowest BCUT2D eigenvalue weighted by Crippen LogP contribution is -2.49. The van der Waals surface area contributed by atoms with E-state index in [1.54, 1.807) is 0 Å². The van der Waals surface area contributed by atoms with Gasteiger partial charge in [0.1, 0.15) is 0 Å². The molecular weight excluding hydrogens is 260 g/mol. The van der Waals surface area contributed by atoms with E-state index in [0.717, 1.165) is 24.9 Å².